The van der Waals surface area contributed by atoms with E-state index in [1.807, 2.05) is 4.90 Å². The van der Waals surface area contributed by atoms with Crippen molar-refractivity contribution in [1.29, 1.82) is 0 Å². The SMILES string of the molecule is Cl.Cl.O=C1CN2Cc3c(ccc(Cl)c3Cl)N=C2N1. The van der Waals surface area contributed by atoms with Gasteiger partial charge in [0.1, 0.15) is 6.54 Å². The number of guanidine groups is 1. The lowest BCUT2D eigenvalue weighted by atomic mass is 10.1. The third-order valence-corrected chi connectivity index (χ3v) is 3.48. The number of rotatable bonds is 0. The number of aliphatic imine (C=N–C) groups is 1. The molecule has 0 unspecified atom stereocenters. The number of carbonyl (C=O) groups excluding carboxylic acids is 1. The summed E-state index contributed by atoms with van der Waals surface area (Å²) in [6, 6.07) is 3.51. The molecule has 1 N–H and O–H groups in total. The van der Waals surface area contributed by atoms with Gasteiger partial charge >= 0.3 is 0 Å². The lowest BCUT2D eigenvalue weighted by Crippen LogP contribution is -2.32. The zero-order chi connectivity index (χ0) is 11.3. The molecule has 2 aliphatic rings. The molecule has 1 aromatic carbocycles. The maximum absolute atomic E-state index is 11.2. The fraction of sp³-hybridized carbons (Fsp3) is 0.200. The largest absolute Gasteiger partial charge is 0.329 e. The number of fused-ring (bicyclic) bond motifs is 2. The van der Waals surface area contributed by atoms with Crippen LogP contribution in [0.4, 0.5) is 5.69 Å². The number of amides is 1. The minimum Gasteiger partial charge on any atom is -0.329 e. The number of halogens is 4. The van der Waals surface area contributed by atoms with Crippen molar-refractivity contribution in [3.63, 3.8) is 0 Å². The number of hydrogen-bond acceptors (Lipinski definition) is 3. The van der Waals surface area contributed by atoms with Crippen LogP contribution in [0.3, 0.4) is 0 Å². The van der Waals surface area contributed by atoms with Gasteiger partial charge < -0.3 is 4.90 Å². The first kappa shape index (κ1) is 15.4. The van der Waals surface area contributed by atoms with E-state index in [1.54, 1.807) is 12.1 Å². The lowest BCUT2D eigenvalue weighted by molar-refractivity contribution is -0.118. The molecule has 2 heterocycles. The van der Waals surface area contributed by atoms with Crippen LogP contribution in [0.1, 0.15) is 5.56 Å². The molecule has 1 fully saturated rings. The number of hydrogen-bond donors (Lipinski definition) is 1. The Morgan fingerprint density at radius 3 is 2.67 bits per heavy atom. The molecular weight excluding hydrogens is 320 g/mol. The third-order valence-electron chi connectivity index (χ3n) is 2.63. The van der Waals surface area contributed by atoms with Crippen molar-refractivity contribution in [3.05, 3.63) is 27.7 Å². The molecule has 98 valence electrons. The molecule has 1 saturated heterocycles. The zero-order valence-electron chi connectivity index (χ0n) is 8.94. The molecular formula is C10H9Cl4N3O. The molecule has 8 heteroatoms. The monoisotopic (exact) mass is 327 g/mol. The molecule has 3 rings (SSSR count). The standard InChI is InChI=1S/C10H7Cl2N3O.2ClH/c11-6-1-2-7-5(9(6)12)3-15-4-8(16)14-10(15)13-7;;/h1-2H,3-4H2,(H,13,14,16);2*1H. The van der Waals surface area contributed by atoms with Gasteiger partial charge in [0.05, 0.1) is 22.3 Å². The van der Waals surface area contributed by atoms with Crippen LogP contribution in [0, 0.1) is 0 Å². The van der Waals surface area contributed by atoms with Crippen LogP contribution in [0.2, 0.25) is 10.0 Å². The Balaban J connectivity index is 0.000000810. The number of nitrogens with zero attached hydrogens (tertiary/aromatic N) is 2. The molecule has 1 amide bonds. The minimum absolute atomic E-state index is 0. The van der Waals surface area contributed by atoms with Crippen LogP contribution >= 0.6 is 48.0 Å². The van der Waals surface area contributed by atoms with E-state index < -0.39 is 0 Å². The summed E-state index contributed by atoms with van der Waals surface area (Å²) in [4.78, 5) is 17.4. The molecule has 1 aromatic rings. The predicted octanol–water partition coefficient (Wildman–Crippen LogP) is 2.77. The number of benzene rings is 1. The fourth-order valence-corrected chi connectivity index (χ4v) is 2.26. The smallest absolute Gasteiger partial charge is 0.246 e. The van der Waals surface area contributed by atoms with Crippen molar-refractivity contribution in [2.24, 2.45) is 4.99 Å². The van der Waals surface area contributed by atoms with Crippen LogP contribution in [0.5, 0.6) is 0 Å². The number of carbonyl (C=O) groups is 1. The molecule has 0 aromatic heterocycles. The molecule has 0 spiro atoms. The van der Waals surface area contributed by atoms with Crippen molar-refractivity contribution in [2.75, 3.05) is 6.54 Å². The average molecular weight is 329 g/mol. The first-order valence-electron chi connectivity index (χ1n) is 4.75. The Kier molecular flexibility index (Phi) is 4.72. The van der Waals surface area contributed by atoms with Crippen molar-refractivity contribution in [3.8, 4) is 0 Å². The van der Waals surface area contributed by atoms with Gasteiger partial charge in [-0.05, 0) is 12.1 Å². The Bertz CT molecular complexity index is 532. The van der Waals surface area contributed by atoms with Gasteiger partial charge in [-0.3, -0.25) is 10.1 Å². The van der Waals surface area contributed by atoms with Gasteiger partial charge in [-0.2, -0.15) is 0 Å². The summed E-state index contributed by atoms with van der Waals surface area (Å²) in [6.45, 7) is 0.882. The van der Waals surface area contributed by atoms with E-state index in [0.29, 0.717) is 29.1 Å². The van der Waals surface area contributed by atoms with Gasteiger partial charge in [-0.15, -0.1) is 24.8 Å². The predicted molar refractivity (Wildman–Crippen MR) is 76.6 cm³/mol. The van der Waals surface area contributed by atoms with Crippen LogP contribution in [-0.4, -0.2) is 23.3 Å². The first-order chi connectivity index (χ1) is 7.65. The van der Waals surface area contributed by atoms with Crippen LogP contribution in [0.25, 0.3) is 0 Å². The molecule has 18 heavy (non-hydrogen) atoms. The van der Waals surface area contributed by atoms with Gasteiger partial charge in [-0.25, -0.2) is 4.99 Å². The van der Waals surface area contributed by atoms with Crippen molar-refractivity contribution in [2.45, 2.75) is 6.54 Å². The first-order valence-corrected chi connectivity index (χ1v) is 5.51. The Labute approximate surface area is 126 Å². The highest BCUT2D eigenvalue weighted by atomic mass is 35.5. The molecule has 0 saturated carbocycles. The van der Waals surface area contributed by atoms with Crippen molar-refractivity contribution < 1.29 is 4.79 Å². The Hall–Kier alpha value is -0.680. The van der Waals surface area contributed by atoms with Crippen LogP contribution < -0.4 is 5.32 Å². The van der Waals surface area contributed by atoms with E-state index >= 15 is 0 Å². The summed E-state index contributed by atoms with van der Waals surface area (Å²) in [5, 5.41) is 3.72. The summed E-state index contributed by atoms with van der Waals surface area (Å²) in [5.41, 5.74) is 1.64. The van der Waals surface area contributed by atoms with Gasteiger partial charge in [-0.1, -0.05) is 23.2 Å². The van der Waals surface area contributed by atoms with Gasteiger partial charge in [0, 0.05) is 5.56 Å². The maximum Gasteiger partial charge on any atom is 0.246 e. The quantitative estimate of drug-likeness (QED) is 0.796. The van der Waals surface area contributed by atoms with Gasteiger partial charge in [0.15, 0.2) is 0 Å². The molecule has 0 bridgehead atoms. The second kappa shape index (κ2) is 5.53. The highest BCUT2D eigenvalue weighted by molar-refractivity contribution is 6.42. The summed E-state index contributed by atoms with van der Waals surface area (Å²) in [5.74, 6) is 0.546. The summed E-state index contributed by atoms with van der Waals surface area (Å²) < 4.78 is 0. The second-order valence-corrected chi connectivity index (χ2v) is 4.48. The average Bonchev–Trinajstić information content (AvgIpc) is 2.61. The second-order valence-electron chi connectivity index (χ2n) is 3.70. The normalized spacial score (nSPS) is 15.8. The lowest BCUT2D eigenvalue weighted by Gasteiger charge is -2.23. The minimum atomic E-state index is -0.0474. The molecule has 0 aliphatic carbocycles. The summed E-state index contributed by atoms with van der Waals surface area (Å²) >= 11 is 12.0. The van der Waals surface area contributed by atoms with E-state index in [9.17, 15) is 4.79 Å². The van der Waals surface area contributed by atoms with Crippen LogP contribution in [-0.2, 0) is 11.3 Å². The summed E-state index contributed by atoms with van der Waals surface area (Å²) in [7, 11) is 0. The molecule has 2 aliphatic heterocycles. The summed E-state index contributed by atoms with van der Waals surface area (Å²) in [6.07, 6.45) is 0. The van der Waals surface area contributed by atoms with E-state index in [2.05, 4.69) is 10.3 Å². The van der Waals surface area contributed by atoms with Crippen LogP contribution in [0.15, 0.2) is 17.1 Å². The highest BCUT2D eigenvalue weighted by Gasteiger charge is 2.30. The fourth-order valence-electron chi connectivity index (χ4n) is 1.86. The topological polar surface area (TPSA) is 44.7 Å². The van der Waals surface area contributed by atoms with Crippen molar-refractivity contribution in [1.82, 2.24) is 10.2 Å². The highest BCUT2D eigenvalue weighted by Crippen LogP contribution is 2.36. The van der Waals surface area contributed by atoms with E-state index in [4.69, 9.17) is 23.2 Å². The third kappa shape index (κ3) is 2.38. The van der Waals surface area contributed by atoms with Crippen molar-refractivity contribution >= 4 is 65.6 Å². The zero-order valence-corrected chi connectivity index (χ0v) is 12.1. The Morgan fingerprint density at radius 2 is 1.94 bits per heavy atom. The number of nitrogens with one attached hydrogen (secondary N) is 1. The van der Waals surface area contributed by atoms with E-state index in [0.717, 1.165) is 11.3 Å². The molecule has 0 atom stereocenters. The van der Waals surface area contributed by atoms with E-state index in [1.165, 1.54) is 0 Å². The molecule has 0 radical (unpaired) electrons. The van der Waals surface area contributed by atoms with Gasteiger partial charge in [0.2, 0.25) is 11.9 Å². The molecule has 4 nitrogen and oxygen atoms in total. The maximum atomic E-state index is 11.2. The van der Waals surface area contributed by atoms with E-state index in [-0.39, 0.29) is 30.7 Å². The Morgan fingerprint density at radius 1 is 1.22 bits per heavy atom. The van der Waals surface area contributed by atoms with Gasteiger partial charge in [0.25, 0.3) is 0 Å².